The van der Waals surface area contributed by atoms with Crippen molar-refractivity contribution in [1.82, 2.24) is 0 Å². The second-order valence-electron chi connectivity index (χ2n) is 2.54. The number of sulfonamides is 1. The van der Waals surface area contributed by atoms with E-state index < -0.39 is 10.0 Å². The van der Waals surface area contributed by atoms with E-state index in [-0.39, 0.29) is 9.27 Å². The average molecular weight is 257 g/mol. The third kappa shape index (κ3) is 3.30. The van der Waals surface area contributed by atoms with E-state index in [1.807, 2.05) is 0 Å². The van der Waals surface area contributed by atoms with E-state index >= 15 is 0 Å². The van der Waals surface area contributed by atoms with Gasteiger partial charge in [-0.1, -0.05) is 5.92 Å². The van der Waals surface area contributed by atoms with E-state index in [0.717, 1.165) is 0 Å². The molecular weight excluding hydrogens is 250 g/mol. The van der Waals surface area contributed by atoms with Gasteiger partial charge in [-0.3, -0.25) is 0 Å². The van der Waals surface area contributed by atoms with E-state index in [0.29, 0.717) is 5.56 Å². The predicted octanol–water partition coefficient (Wildman–Crippen LogP) is 1.57. The quantitative estimate of drug-likeness (QED) is 0.366. The summed E-state index contributed by atoms with van der Waals surface area (Å²) in [6, 6.07) is 5.83. The summed E-state index contributed by atoms with van der Waals surface area (Å²) < 4.78 is 26.2. The molecule has 0 aromatic heterocycles. The van der Waals surface area contributed by atoms with Crippen molar-refractivity contribution < 1.29 is 8.42 Å². The lowest BCUT2D eigenvalue weighted by Crippen LogP contribution is -1.97. The van der Waals surface area contributed by atoms with Gasteiger partial charge in [0.25, 0.3) is 10.0 Å². The molecule has 1 aromatic rings. The van der Waals surface area contributed by atoms with Gasteiger partial charge in [0.15, 0.2) is 0 Å². The second kappa shape index (κ2) is 4.75. The zero-order chi connectivity index (χ0) is 11.5. The van der Waals surface area contributed by atoms with Crippen LogP contribution in [0.4, 0.5) is 0 Å². The van der Waals surface area contributed by atoms with Crippen molar-refractivity contribution in [2.45, 2.75) is 4.90 Å². The summed E-state index contributed by atoms with van der Waals surface area (Å²) in [5.74, 6) is 2.39. The molecule has 0 bridgehead atoms. The highest BCUT2D eigenvalue weighted by Crippen LogP contribution is 2.14. The average Bonchev–Trinajstić information content (AvgIpc) is 2.16. The lowest BCUT2D eigenvalue weighted by Gasteiger charge is -1.98. The molecule has 0 saturated carbocycles. The molecule has 0 spiro atoms. The van der Waals surface area contributed by atoms with Crippen LogP contribution in [0.3, 0.4) is 0 Å². The molecule has 78 valence electrons. The fraction of sp³-hybridized carbons (Fsp3) is 0. The summed E-state index contributed by atoms with van der Waals surface area (Å²) in [7, 11) is -3.72. The first kappa shape index (κ1) is 12.2. The van der Waals surface area contributed by atoms with Gasteiger partial charge in [0.2, 0.25) is 0 Å². The molecule has 0 radical (unpaired) electrons. The first-order valence-electron chi connectivity index (χ1n) is 3.75. The van der Waals surface area contributed by atoms with Crippen molar-refractivity contribution in [1.29, 1.82) is 0 Å². The predicted molar refractivity (Wildman–Crippen MR) is 67.0 cm³/mol. The Labute approximate surface area is 99.5 Å². The van der Waals surface area contributed by atoms with Crippen LogP contribution >= 0.6 is 25.3 Å². The number of terminal acetylenes is 1. The Balaban J connectivity index is 3.19. The molecule has 1 aromatic carbocycles. The Morgan fingerprint density at radius 2 is 1.80 bits per heavy atom. The zero-order valence-electron chi connectivity index (χ0n) is 7.45. The van der Waals surface area contributed by atoms with Gasteiger partial charge in [0, 0.05) is 5.56 Å². The normalized spacial score (nSPS) is 10.5. The molecule has 0 heterocycles. The monoisotopic (exact) mass is 257 g/mol. The minimum atomic E-state index is -3.72. The Morgan fingerprint density at radius 3 is 2.20 bits per heavy atom. The zero-order valence-corrected chi connectivity index (χ0v) is 10.1. The van der Waals surface area contributed by atoms with Crippen LogP contribution in [0.5, 0.6) is 0 Å². The van der Waals surface area contributed by atoms with Gasteiger partial charge < -0.3 is 0 Å². The van der Waals surface area contributed by atoms with Crippen molar-refractivity contribution in [2.75, 3.05) is 0 Å². The second-order valence-corrected chi connectivity index (χ2v) is 5.34. The van der Waals surface area contributed by atoms with Crippen LogP contribution in [0.25, 0.3) is 0 Å². The molecule has 0 aliphatic carbocycles. The van der Waals surface area contributed by atoms with Crippen LogP contribution in [0, 0.1) is 12.3 Å². The van der Waals surface area contributed by atoms with Crippen LogP contribution in [0.2, 0.25) is 0 Å². The highest BCUT2D eigenvalue weighted by atomic mass is 32.2. The molecule has 6 heteroatoms. The minimum Gasteiger partial charge on any atom is -0.199 e. The maximum atomic E-state index is 11.5. The van der Waals surface area contributed by atoms with Crippen LogP contribution in [-0.4, -0.2) is 12.8 Å². The van der Waals surface area contributed by atoms with E-state index in [2.05, 4.69) is 35.6 Å². The van der Waals surface area contributed by atoms with Gasteiger partial charge in [0.05, 0.1) is 4.90 Å². The topological polar surface area (TPSA) is 46.5 Å². The molecule has 0 amide bonds. The van der Waals surface area contributed by atoms with E-state index in [4.69, 9.17) is 6.42 Å². The molecular formula is C9H7NO2S3. The van der Waals surface area contributed by atoms with Crippen LogP contribution in [-0.2, 0) is 10.0 Å². The number of benzene rings is 1. The van der Waals surface area contributed by atoms with Crippen molar-refractivity contribution >= 4 is 39.7 Å². The highest BCUT2D eigenvalue weighted by molar-refractivity contribution is 8.24. The first-order chi connectivity index (χ1) is 6.95. The molecule has 0 atom stereocenters. The molecule has 1 rings (SSSR count). The summed E-state index contributed by atoms with van der Waals surface area (Å²) >= 11 is 7.37. The van der Waals surface area contributed by atoms with Gasteiger partial charge in [0.1, 0.15) is 4.38 Å². The number of nitrogens with zero attached hydrogens (tertiary/aromatic N) is 1. The molecule has 0 N–H and O–H groups in total. The van der Waals surface area contributed by atoms with E-state index in [9.17, 15) is 8.42 Å². The van der Waals surface area contributed by atoms with E-state index in [1.165, 1.54) is 24.3 Å². The van der Waals surface area contributed by atoms with Gasteiger partial charge >= 0.3 is 0 Å². The number of thiol groups is 2. The maximum absolute atomic E-state index is 11.5. The van der Waals surface area contributed by atoms with Crippen molar-refractivity contribution in [3.8, 4) is 12.3 Å². The molecule has 0 fully saturated rings. The lowest BCUT2D eigenvalue weighted by atomic mass is 10.2. The molecule has 3 nitrogen and oxygen atoms in total. The number of hydrogen-bond acceptors (Lipinski definition) is 2. The number of hydrogen-bond donors (Lipinski definition) is 2. The van der Waals surface area contributed by atoms with Crippen molar-refractivity contribution in [3.05, 3.63) is 29.8 Å². The van der Waals surface area contributed by atoms with E-state index in [1.54, 1.807) is 0 Å². The fourth-order valence-electron chi connectivity index (χ4n) is 0.883. The Kier molecular flexibility index (Phi) is 3.85. The largest absolute Gasteiger partial charge is 0.283 e. The third-order valence-electron chi connectivity index (χ3n) is 1.52. The molecule has 0 aliphatic heterocycles. The van der Waals surface area contributed by atoms with Gasteiger partial charge in [-0.05, 0) is 24.3 Å². The molecule has 0 unspecified atom stereocenters. The number of rotatable bonds is 2. The summed E-state index contributed by atoms with van der Waals surface area (Å²) in [5.41, 5.74) is 0.606. The molecule has 0 aliphatic rings. The van der Waals surface area contributed by atoms with Crippen LogP contribution < -0.4 is 0 Å². The van der Waals surface area contributed by atoms with Crippen molar-refractivity contribution in [3.63, 3.8) is 0 Å². The van der Waals surface area contributed by atoms with Gasteiger partial charge in [-0.2, -0.15) is 8.42 Å². The van der Waals surface area contributed by atoms with Crippen LogP contribution in [0.15, 0.2) is 33.6 Å². The summed E-state index contributed by atoms with van der Waals surface area (Å²) in [5, 5.41) is 0. The smallest absolute Gasteiger partial charge is 0.199 e. The Bertz CT molecular complexity index is 519. The van der Waals surface area contributed by atoms with Gasteiger partial charge in [-0.25, -0.2) is 0 Å². The molecule has 0 saturated heterocycles. The molecule has 15 heavy (non-hydrogen) atoms. The lowest BCUT2D eigenvalue weighted by molar-refractivity contribution is 0.598. The van der Waals surface area contributed by atoms with Gasteiger partial charge in [-0.15, -0.1) is 36.1 Å². The first-order valence-corrected chi connectivity index (χ1v) is 6.09. The van der Waals surface area contributed by atoms with Crippen molar-refractivity contribution in [2.24, 2.45) is 4.40 Å². The summed E-state index contributed by atoms with van der Waals surface area (Å²) in [4.78, 5) is 0.0575. The minimum absolute atomic E-state index is 0.0575. The highest BCUT2D eigenvalue weighted by Gasteiger charge is 2.11. The Hall–Kier alpha value is -0.900. The SMILES string of the molecule is C#Cc1ccc(S(=O)(=O)N=C(S)S)cc1. The summed E-state index contributed by atoms with van der Waals surface area (Å²) in [6.45, 7) is 0. The summed E-state index contributed by atoms with van der Waals surface area (Å²) in [6.07, 6.45) is 5.14. The third-order valence-corrected chi connectivity index (χ3v) is 3.28. The standard InChI is InChI=1S/C9H7NO2S3/c1-2-7-3-5-8(6-4-7)15(11,12)10-9(13)14/h1,3-6H,(H2,10,13,14). The fourth-order valence-corrected chi connectivity index (χ4v) is 2.33. The Morgan fingerprint density at radius 1 is 1.27 bits per heavy atom. The maximum Gasteiger partial charge on any atom is 0.283 e. The van der Waals surface area contributed by atoms with Crippen LogP contribution in [0.1, 0.15) is 5.56 Å².